The molecule has 0 radical (unpaired) electrons. The number of H-pyrrole nitrogens is 1. The van der Waals surface area contributed by atoms with E-state index in [1.54, 1.807) is 25.9 Å². The molecule has 0 bridgehead atoms. The maximum Gasteiger partial charge on any atom is 0.340 e. The van der Waals surface area contributed by atoms with Crippen molar-refractivity contribution in [2.45, 2.75) is 34.6 Å². The molecule has 1 aromatic carbocycles. The fourth-order valence-corrected chi connectivity index (χ4v) is 3.23. The summed E-state index contributed by atoms with van der Waals surface area (Å²) in [6.45, 7) is 10.5. The van der Waals surface area contributed by atoms with E-state index in [-0.39, 0.29) is 12.5 Å². The first-order valence-corrected chi connectivity index (χ1v) is 9.06. The summed E-state index contributed by atoms with van der Waals surface area (Å²) in [5, 5.41) is 0. The van der Waals surface area contributed by atoms with Gasteiger partial charge in [-0.3, -0.25) is 4.79 Å². The van der Waals surface area contributed by atoms with Gasteiger partial charge in [-0.25, -0.2) is 4.79 Å². The molecule has 146 valence electrons. The number of esters is 1. The standard InChI is InChI=1S/C21H28N2O4/c1-7-23(17-9-8-13(2)12-14(17)3)20(24)19-15(4)18(16(5)22-19)21(25)27-11-10-26-6/h8-9,12,22H,7,10-11H2,1-6H3. The number of aromatic nitrogens is 1. The zero-order valence-corrected chi connectivity index (χ0v) is 16.9. The molecule has 6 nitrogen and oxygen atoms in total. The number of nitrogens with zero attached hydrogens (tertiary/aromatic N) is 1. The molecule has 0 spiro atoms. The number of aryl methyl sites for hydroxylation is 3. The third-order valence-electron chi connectivity index (χ3n) is 4.58. The van der Waals surface area contributed by atoms with Crippen LogP contribution in [0.25, 0.3) is 0 Å². The van der Waals surface area contributed by atoms with E-state index in [1.807, 2.05) is 32.9 Å². The molecule has 0 aliphatic rings. The molecule has 1 aromatic heterocycles. The van der Waals surface area contributed by atoms with Crippen LogP contribution in [0.3, 0.4) is 0 Å². The number of hydrogen-bond donors (Lipinski definition) is 1. The number of carbonyl (C=O) groups is 2. The van der Waals surface area contributed by atoms with Crippen molar-refractivity contribution in [1.82, 2.24) is 4.98 Å². The summed E-state index contributed by atoms with van der Waals surface area (Å²) < 4.78 is 10.1. The smallest absolute Gasteiger partial charge is 0.340 e. The van der Waals surface area contributed by atoms with Crippen molar-refractivity contribution in [3.63, 3.8) is 0 Å². The van der Waals surface area contributed by atoms with Crippen molar-refractivity contribution < 1.29 is 19.1 Å². The number of rotatable bonds is 7. The van der Waals surface area contributed by atoms with E-state index < -0.39 is 5.97 Å². The Kier molecular flexibility index (Phi) is 6.80. The zero-order valence-electron chi connectivity index (χ0n) is 16.9. The summed E-state index contributed by atoms with van der Waals surface area (Å²) in [5.41, 5.74) is 5.08. The lowest BCUT2D eigenvalue weighted by Gasteiger charge is -2.23. The topological polar surface area (TPSA) is 71.6 Å². The summed E-state index contributed by atoms with van der Waals surface area (Å²) >= 11 is 0. The third kappa shape index (κ3) is 4.39. The van der Waals surface area contributed by atoms with Crippen LogP contribution >= 0.6 is 0 Å². The van der Waals surface area contributed by atoms with Crippen LogP contribution in [0.1, 0.15) is 50.2 Å². The summed E-state index contributed by atoms with van der Waals surface area (Å²) in [6, 6.07) is 6.00. The van der Waals surface area contributed by atoms with Crippen LogP contribution in [0, 0.1) is 27.7 Å². The Morgan fingerprint density at radius 2 is 1.81 bits per heavy atom. The lowest BCUT2D eigenvalue weighted by atomic mass is 10.1. The van der Waals surface area contributed by atoms with Gasteiger partial charge in [0.2, 0.25) is 0 Å². The van der Waals surface area contributed by atoms with Gasteiger partial charge in [0.05, 0.1) is 12.2 Å². The molecule has 27 heavy (non-hydrogen) atoms. The van der Waals surface area contributed by atoms with Crippen LogP contribution < -0.4 is 4.90 Å². The Labute approximate surface area is 160 Å². The minimum Gasteiger partial charge on any atom is -0.460 e. The molecule has 1 amide bonds. The summed E-state index contributed by atoms with van der Waals surface area (Å²) in [6.07, 6.45) is 0. The lowest BCUT2D eigenvalue weighted by Crippen LogP contribution is -2.32. The van der Waals surface area contributed by atoms with Crippen molar-refractivity contribution in [3.8, 4) is 0 Å². The van der Waals surface area contributed by atoms with Gasteiger partial charge in [-0.15, -0.1) is 0 Å². The van der Waals surface area contributed by atoms with E-state index >= 15 is 0 Å². The Bertz CT molecular complexity index is 839. The van der Waals surface area contributed by atoms with Gasteiger partial charge in [-0.1, -0.05) is 17.7 Å². The fraction of sp³-hybridized carbons (Fsp3) is 0.429. The Balaban J connectivity index is 2.35. The fourth-order valence-electron chi connectivity index (χ4n) is 3.23. The molecule has 1 N–H and O–H groups in total. The molecule has 6 heteroatoms. The number of ether oxygens (including phenoxy) is 2. The molecule has 0 saturated carbocycles. The van der Waals surface area contributed by atoms with Gasteiger partial charge in [0.25, 0.3) is 5.91 Å². The first-order valence-electron chi connectivity index (χ1n) is 9.06. The first-order chi connectivity index (χ1) is 12.8. The second-order valence-electron chi connectivity index (χ2n) is 6.59. The highest BCUT2D eigenvalue weighted by Crippen LogP contribution is 2.26. The van der Waals surface area contributed by atoms with Crippen LogP contribution in [0.2, 0.25) is 0 Å². The van der Waals surface area contributed by atoms with Crippen molar-refractivity contribution in [2.24, 2.45) is 0 Å². The van der Waals surface area contributed by atoms with Crippen molar-refractivity contribution in [1.29, 1.82) is 0 Å². The third-order valence-corrected chi connectivity index (χ3v) is 4.58. The quantitative estimate of drug-likeness (QED) is 0.594. The van der Waals surface area contributed by atoms with Crippen LogP contribution in [0.15, 0.2) is 18.2 Å². The van der Waals surface area contributed by atoms with Crippen LogP contribution in [0.5, 0.6) is 0 Å². The SMILES string of the molecule is CCN(C(=O)c1[nH]c(C)c(C(=O)OCCOC)c1C)c1ccc(C)cc1C. The molecule has 0 aliphatic heterocycles. The van der Waals surface area contributed by atoms with Crippen molar-refractivity contribution in [3.05, 3.63) is 51.8 Å². The molecule has 0 fully saturated rings. The number of nitrogens with one attached hydrogen (secondary N) is 1. The normalized spacial score (nSPS) is 10.7. The zero-order chi connectivity index (χ0) is 20.1. The van der Waals surface area contributed by atoms with Crippen LogP contribution in [-0.4, -0.2) is 43.7 Å². The lowest BCUT2D eigenvalue weighted by molar-refractivity contribution is 0.0387. The van der Waals surface area contributed by atoms with E-state index in [9.17, 15) is 9.59 Å². The number of methoxy groups -OCH3 is 1. The van der Waals surface area contributed by atoms with E-state index in [1.165, 1.54) is 0 Å². The van der Waals surface area contributed by atoms with Crippen molar-refractivity contribution in [2.75, 3.05) is 31.8 Å². The number of amides is 1. The highest BCUT2D eigenvalue weighted by atomic mass is 16.6. The molecule has 2 rings (SSSR count). The average molecular weight is 372 g/mol. The van der Waals surface area contributed by atoms with Crippen molar-refractivity contribution >= 4 is 17.6 Å². The summed E-state index contributed by atoms with van der Waals surface area (Å²) in [4.78, 5) is 30.4. The summed E-state index contributed by atoms with van der Waals surface area (Å²) in [7, 11) is 1.55. The highest BCUT2D eigenvalue weighted by Gasteiger charge is 2.26. The van der Waals surface area contributed by atoms with Gasteiger partial charge in [0.1, 0.15) is 12.3 Å². The molecule has 2 aromatic rings. The maximum atomic E-state index is 13.2. The molecular formula is C21H28N2O4. The van der Waals surface area contributed by atoms with E-state index in [2.05, 4.69) is 11.1 Å². The van der Waals surface area contributed by atoms with Gasteiger partial charge in [0, 0.05) is 25.0 Å². The summed E-state index contributed by atoms with van der Waals surface area (Å²) in [5.74, 6) is -0.618. The molecule has 0 unspecified atom stereocenters. The molecule has 0 atom stereocenters. The molecule has 1 heterocycles. The van der Waals surface area contributed by atoms with Gasteiger partial charge in [-0.2, -0.15) is 0 Å². The molecule has 0 aliphatic carbocycles. The predicted octanol–water partition coefficient (Wildman–Crippen LogP) is 3.72. The minimum absolute atomic E-state index is 0.166. The van der Waals surface area contributed by atoms with E-state index in [0.29, 0.717) is 35.7 Å². The largest absolute Gasteiger partial charge is 0.460 e. The van der Waals surface area contributed by atoms with Gasteiger partial charge in [0.15, 0.2) is 0 Å². The number of anilines is 1. The van der Waals surface area contributed by atoms with Gasteiger partial charge < -0.3 is 19.4 Å². The molecule has 0 saturated heterocycles. The van der Waals surface area contributed by atoms with Gasteiger partial charge in [-0.05, 0) is 51.8 Å². The number of carbonyl (C=O) groups excluding carboxylic acids is 2. The second kappa shape index (κ2) is 8.86. The number of benzene rings is 1. The van der Waals surface area contributed by atoms with Gasteiger partial charge >= 0.3 is 5.97 Å². The predicted molar refractivity (Wildman–Crippen MR) is 106 cm³/mol. The minimum atomic E-state index is -0.452. The first kappa shape index (κ1) is 20.7. The van der Waals surface area contributed by atoms with E-state index in [0.717, 1.165) is 16.8 Å². The highest BCUT2D eigenvalue weighted by molar-refractivity contribution is 6.08. The molecular weight excluding hydrogens is 344 g/mol. The number of hydrogen-bond acceptors (Lipinski definition) is 4. The van der Waals surface area contributed by atoms with Crippen LogP contribution in [0.4, 0.5) is 5.69 Å². The monoisotopic (exact) mass is 372 g/mol. The maximum absolute atomic E-state index is 13.2. The average Bonchev–Trinajstić information content (AvgIpc) is 2.91. The Morgan fingerprint density at radius 1 is 1.11 bits per heavy atom. The van der Waals surface area contributed by atoms with Crippen LogP contribution in [-0.2, 0) is 9.47 Å². The Hall–Kier alpha value is -2.60. The second-order valence-corrected chi connectivity index (χ2v) is 6.59. The Morgan fingerprint density at radius 3 is 2.41 bits per heavy atom. The van der Waals surface area contributed by atoms with E-state index in [4.69, 9.17) is 9.47 Å². The number of aromatic amines is 1.